The Hall–Kier alpha value is -3.08. The number of rotatable bonds is 4. The molecule has 32 heavy (non-hydrogen) atoms. The molecule has 0 aromatic heterocycles. The van der Waals surface area contributed by atoms with E-state index in [2.05, 4.69) is 10.6 Å². The third-order valence-electron chi connectivity index (χ3n) is 4.11. The van der Waals surface area contributed by atoms with Crippen LogP contribution in [0.2, 0.25) is 0 Å². The summed E-state index contributed by atoms with van der Waals surface area (Å²) in [5.74, 6) is -0.848. The lowest BCUT2D eigenvalue weighted by Gasteiger charge is -2.21. The number of benzene rings is 2. The molecule has 0 unspecified atom stereocenters. The first-order valence-corrected chi connectivity index (χ1v) is 11.2. The lowest BCUT2D eigenvalue weighted by Crippen LogP contribution is -2.27. The van der Waals surface area contributed by atoms with Crippen LogP contribution in [-0.4, -0.2) is 32.3 Å². The highest BCUT2D eigenvalue weighted by atomic mass is 32.2. The van der Waals surface area contributed by atoms with Gasteiger partial charge in [-0.2, -0.15) is 13.2 Å². The van der Waals surface area contributed by atoms with Crippen molar-refractivity contribution in [1.82, 2.24) is 0 Å². The molecule has 174 valence electrons. The van der Waals surface area contributed by atoms with Crippen LogP contribution in [0.25, 0.3) is 0 Å². The molecule has 0 spiro atoms. The molecule has 0 aliphatic rings. The smallest absolute Gasteiger partial charge is 0.416 e. The number of alkyl halides is 3. The Labute approximate surface area is 183 Å². The molecule has 0 heterocycles. The van der Waals surface area contributed by atoms with Crippen LogP contribution >= 0.6 is 0 Å². The van der Waals surface area contributed by atoms with Gasteiger partial charge in [0.25, 0.3) is 5.91 Å². The second kappa shape index (κ2) is 8.81. The number of aryl methyl sites for hydroxylation is 1. The molecule has 11 heteroatoms. The van der Waals surface area contributed by atoms with Crippen LogP contribution in [0, 0.1) is 6.92 Å². The molecule has 2 amide bonds. The number of sulfone groups is 1. The van der Waals surface area contributed by atoms with E-state index in [4.69, 9.17) is 4.74 Å². The minimum absolute atomic E-state index is 0.0476. The van der Waals surface area contributed by atoms with Gasteiger partial charge in [0.2, 0.25) is 0 Å². The zero-order chi connectivity index (χ0) is 24.5. The maximum atomic E-state index is 13.2. The Kier molecular flexibility index (Phi) is 6.93. The van der Waals surface area contributed by atoms with Crippen molar-refractivity contribution in [2.45, 2.75) is 44.4 Å². The van der Waals surface area contributed by atoms with Gasteiger partial charge in [0.1, 0.15) is 5.60 Å². The van der Waals surface area contributed by atoms with Gasteiger partial charge >= 0.3 is 12.3 Å². The summed E-state index contributed by atoms with van der Waals surface area (Å²) in [6.07, 6.45) is -4.66. The highest BCUT2D eigenvalue weighted by Gasteiger charge is 2.31. The predicted octanol–water partition coefficient (Wildman–Crippen LogP) is 5.02. The fraction of sp³-hybridized carbons (Fsp3) is 0.333. The van der Waals surface area contributed by atoms with E-state index in [1.165, 1.54) is 12.1 Å². The average Bonchev–Trinajstić information content (AvgIpc) is 2.59. The van der Waals surface area contributed by atoms with Crippen molar-refractivity contribution < 1.29 is 35.9 Å². The van der Waals surface area contributed by atoms with Crippen molar-refractivity contribution in [1.29, 1.82) is 0 Å². The molecule has 0 radical (unpaired) electrons. The first-order valence-electron chi connectivity index (χ1n) is 9.31. The summed E-state index contributed by atoms with van der Waals surface area (Å²) >= 11 is 0. The molecule has 0 atom stereocenters. The van der Waals surface area contributed by atoms with Crippen molar-refractivity contribution in [3.63, 3.8) is 0 Å². The number of amides is 2. The third-order valence-corrected chi connectivity index (χ3v) is 5.22. The Morgan fingerprint density at radius 2 is 1.56 bits per heavy atom. The largest absolute Gasteiger partial charge is 0.444 e. The standard InChI is InChI=1S/C21H23F3N2O5S/c1-12-6-8-14(32(5,29)30)11-15(12)18(27)25-17-10-13(21(22,23)24)7-9-16(17)26-19(28)31-20(2,3)4/h6-11H,1-5H3,(H,25,27)(H,26,28). The number of hydrogen-bond donors (Lipinski definition) is 2. The molecule has 0 aliphatic heterocycles. The SMILES string of the molecule is Cc1ccc(S(C)(=O)=O)cc1C(=O)Nc1cc(C(F)(F)F)ccc1NC(=O)OC(C)(C)C. The van der Waals surface area contributed by atoms with Gasteiger partial charge in [0.15, 0.2) is 9.84 Å². The minimum atomic E-state index is -4.70. The topological polar surface area (TPSA) is 102 Å². The van der Waals surface area contributed by atoms with E-state index >= 15 is 0 Å². The zero-order valence-corrected chi connectivity index (χ0v) is 18.9. The van der Waals surface area contributed by atoms with Gasteiger partial charge in [-0.05, 0) is 63.6 Å². The number of halogens is 3. The van der Waals surface area contributed by atoms with Gasteiger partial charge in [-0.25, -0.2) is 13.2 Å². The molecule has 2 rings (SSSR count). The average molecular weight is 472 g/mol. The molecule has 0 saturated heterocycles. The Bertz CT molecular complexity index is 1150. The summed E-state index contributed by atoms with van der Waals surface area (Å²) in [5.41, 5.74) is -2.01. The van der Waals surface area contributed by atoms with E-state index in [9.17, 15) is 31.2 Å². The van der Waals surface area contributed by atoms with Crippen molar-refractivity contribution >= 4 is 33.2 Å². The zero-order valence-electron chi connectivity index (χ0n) is 18.0. The van der Waals surface area contributed by atoms with Crippen molar-refractivity contribution in [2.75, 3.05) is 16.9 Å². The van der Waals surface area contributed by atoms with Crippen LogP contribution < -0.4 is 10.6 Å². The van der Waals surface area contributed by atoms with Crippen molar-refractivity contribution in [2.24, 2.45) is 0 Å². The first-order chi connectivity index (χ1) is 14.5. The lowest BCUT2D eigenvalue weighted by atomic mass is 10.1. The summed E-state index contributed by atoms with van der Waals surface area (Å²) in [5, 5.41) is 4.64. The quantitative estimate of drug-likeness (QED) is 0.651. The van der Waals surface area contributed by atoms with E-state index in [0.29, 0.717) is 11.6 Å². The molecular formula is C21H23F3N2O5S. The molecule has 2 aromatic rings. The van der Waals surface area contributed by atoms with Crippen LogP contribution in [0.4, 0.5) is 29.3 Å². The fourth-order valence-electron chi connectivity index (χ4n) is 2.61. The van der Waals surface area contributed by atoms with Crippen LogP contribution in [0.3, 0.4) is 0 Å². The highest BCUT2D eigenvalue weighted by molar-refractivity contribution is 7.90. The molecular weight excluding hydrogens is 449 g/mol. The maximum absolute atomic E-state index is 13.2. The van der Waals surface area contributed by atoms with Gasteiger partial charge in [-0.1, -0.05) is 6.07 Å². The number of carbonyl (C=O) groups excluding carboxylic acids is 2. The van der Waals surface area contributed by atoms with Gasteiger partial charge in [-0.15, -0.1) is 0 Å². The predicted molar refractivity (Wildman–Crippen MR) is 114 cm³/mol. The summed E-state index contributed by atoms with van der Waals surface area (Å²) in [6.45, 7) is 6.38. The molecule has 0 saturated carbocycles. The van der Waals surface area contributed by atoms with Crippen molar-refractivity contribution in [3.8, 4) is 0 Å². The van der Waals surface area contributed by atoms with E-state index in [-0.39, 0.29) is 21.8 Å². The fourth-order valence-corrected chi connectivity index (χ4v) is 3.26. The highest BCUT2D eigenvalue weighted by Crippen LogP contribution is 2.34. The number of anilines is 2. The summed E-state index contributed by atoms with van der Waals surface area (Å²) in [6, 6.07) is 6.27. The van der Waals surface area contributed by atoms with Gasteiger partial charge < -0.3 is 10.1 Å². The molecule has 0 fully saturated rings. The Morgan fingerprint density at radius 3 is 2.09 bits per heavy atom. The number of carbonyl (C=O) groups is 2. The monoisotopic (exact) mass is 472 g/mol. The first kappa shape index (κ1) is 25.2. The molecule has 0 aliphatic carbocycles. The van der Waals surface area contributed by atoms with Crippen LogP contribution in [0.15, 0.2) is 41.3 Å². The Morgan fingerprint density at radius 1 is 0.938 bits per heavy atom. The second-order valence-electron chi connectivity index (χ2n) is 8.09. The lowest BCUT2D eigenvalue weighted by molar-refractivity contribution is -0.137. The molecule has 2 N–H and O–H groups in total. The van der Waals surface area contributed by atoms with Crippen LogP contribution in [-0.2, 0) is 20.8 Å². The van der Waals surface area contributed by atoms with Gasteiger partial charge in [0, 0.05) is 11.8 Å². The number of nitrogens with one attached hydrogen (secondary N) is 2. The summed E-state index contributed by atoms with van der Waals surface area (Å²) in [7, 11) is -3.62. The van der Waals surface area contributed by atoms with E-state index in [1.807, 2.05) is 0 Å². The minimum Gasteiger partial charge on any atom is -0.444 e. The molecule has 7 nitrogen and oxygen atoms in total. The number of ether oxygens (including phenoxy) is 1. The van der Waals surface area contributed by atoms with E-state index < -0.39 is 39.2 Å². The molecule has 0 bridgehead atoms. The third kappa shape index (κ3) is 6.71. The van der Waals surface area contributed by atoms with Crippen LogP contribution in [0.5, 0.6) is 0 Å². The maximum Gasteiger partial charge on any atom is 0.416 e. The second-order valence-corrected chi connectivity index (χ2v) is 10.1. The summed E-state index contributed by atoms with van der Waals surface area (Å²) in [4.78, 5) is 24.8. The van der Waals surface area contributed by atoms with E-state index in [0.717, 1.165) is 24.5 Å². The normalized spacial score (nSPS) is 12.2. The summed E-state index contributed by atoms with van der Waals surface area (Å²) < 4.78 is 68.3. The molecule has 2 aromatic carbocycles. The van der Waals surface area contributed by atoms with Gasteiger partial charge in [0.05, 0.1) is 21.8 Å². The van der Waals surface area contributed by atoms with Crippen molar-refractivity contribution in [3.05, 3.63) is 53.1 Å². The van der Waals surface area contributed by atoms with E-state index in [1.54, 1.807) is 27.7 Å². The Balaban J connectivity index is 2.46. The number of hydrogen-bond acceptors (Lipinski definition) is 5. The van der Waals surface area contributed by atoms with Gasteiger partial charge in [-0.3, -0.25) is 10.1 Å². The van der Waals surface area contributed by atoms with Crippen LogP contribution in [0.1, 0.15) is 42.3 Å².